The molecule has 7 nitrogen and oxygen atoms in total. The summed E-state index contributed by atoms with van der Waals surface area (Å²) in [6.07, 6.45) is 1.13. The van der Waals surface area contributed by atoms with Gasteiger partial charge in [0.15, 0.2) is 6.61 Å². The number of carbonyl (C=O) groups excluding carboxylic acids is 3. The first kappa shape index (κ1) is 22.8. The molecule has 2 aromatic rings. The zero-order chi connectivity index (χ0) is 22.4. The van der Waals surface area contributed by atoms with Gasteiger partial charge < -0.3 is 9.64 Å². The topological polar surface area (TPSA) is 87.7 Å². The van der Waals surface area contributed by atoms with E-state index >= 15 is 0 Å². The first-order valence-corrected chi connectivity index (χ1v) is 11.4. The summed E-state index contributed by atoms with van der Waals surface area (Å²) in [4.78, 5) is 39.4. The molecule has 31 heavy (non-hydrogen) atoms. The molecule has 0 saturated carbocycles. The van der Waals surface area contributed by atoms with Crippen molar-refractivity contribution >= 4 is 29.1 Å². The highest BCUT2D eigenvalue weighted by atomic mass is 32.1. The number of aryl methyl sites for hydroxylation is 1. The molecule has 1 aromatic carbocycles. The van der Waals surface area contributed by atoms with Crippen LogP contribution in [0.1, 0.15) is 53.4 Å². The number of hydrogen-bond acceptors (Lipinski definition) is 5. The Hall–Kier alpha value is -2.87. The molecule has 0 spiro atoms. The molecule has 0 aliphatic carbocycles. The maximum atomic E-state index is 12.4. The fourth-order valence-corrected chi connectivity index (χ4v) is 4.25. The third-order valence-electron chi connectivity index (χ3n) is 5.36. The van der Waals surface area contributed by atoms with Crippen LogP contribution in [0, 0.1) is 12.8 Å². The molecular weight excluding hydrogens is 414 g/mol. The van der Waals surface area contributed by atoms with E-state index in [1.807, 2.05) is 42.6 Å². The van der Waals surface area contributed by atoms with Gasteiger partial charge >= 0.3 is 0 Å². The smallest absolute Gasteiger partial charge is 0.276 e. The van der Waals surface area contributed by atoms with Crippen LogP contribution >= 0.6 is 11.3 Å². The Bertz CT molecular complexity index is 919. The van der Waals surface area contributed by atoms with Crippen molar-refractivity contribution in [3.63, 3.8) is 0 Å². The summed E-state index contributed by atoms with van der Waals surface area (Å²) in [7, 11) is 0. The van der Waals surface area contributed by atoms with Crippen molar-refractivity contribution in [3.8, 4) is 5.75 Å². The van der Waals surface area contributed by atoms with E-state index in [1.165, 1.54) is 11.3 Å². The second-order valence-corrected chi connectivity index (χ2v) is 9.01. The molecule has 1 saturated heterocycles. The van der Waals surface area contributed by atoms with Crippen LogP contribution in [0.4, 0.5) is 0 Å². The van der Waals surface area contributed by atoms with Crippen LogP contribution in [0.5, 0.6) is 5.75 Å². The molecule has 8 heteroatoms. The summed E-state index contributed by atoms with van der Waals surface area (Å²) in [5.74, 6) is 0.0641. The number of thiophene rings is 1. The lowest BCUT2D eigenvalue weighted by Crippen LogP contribution is -2.49. The highest BCUT2D eigenvalue weighted by Gasteiger charge is 2.28. The summed E-state index contributed by atoms with van der Waals surface area (Å²) >= 11 is 1.42. The van der Waals surface area contributed by atoms with Crippen LogP contribution in [0.2, 0.25) is 0 Å². The molecule has 3 rings (SSSR count). The van der Waals surface area contributed by atoms with E-state index in [-0.39, 0.29) is 30.3 Å². The van der Waals surface area contributed by atoms with Gasteiger partial charge in [0.1, 0.15) is 5.75 Å². The zero-order valence-corrected chi connectivity index (χ0v) is 19.0. The predicted octanol–water partition coefficient (Wildman–Crippen LogP) is 3.26. The van der Waals surface area contributed by atoms with Crippen molar-refractivity contribution in [1.82, 2.24) is 15.8 Å². The van der Waals surface area contributed by atoms with E-state index in [0.717, 1.165) is 11.1 Å². The minimum atomic E-state index is -0.421. The third kappa shape index (κ3) is 6.07. The number of rotatable bonds is 6. The molecule has 1 aromatic heterocycles. The molecule has 166 valence electrons. The van der Waals surface area contributed by atoms with Crippen molar-refractivity contribution < 1.29 is 19.1 Å². The number of hydrogen-bond donors (Lipinski definition) is 2. The Morgan fingerprint density at radius 2 is 1.90 bits per heavy atom. The number of ether oxygens (including phenoxy) is 1. The van der Waals surface area contributed by atoms with Gasteiger partial charge in [-0.1, -0.05) is 32.0 Å². The van der Waals surface area contributed by atoms with Gasteiger partial charge in [-0.2, -0.15) is 0 Å². The Kier molecular flexibility index (Phi) is 7.68. The molecule has 2 heterocycles. The van der Waals surface area contributed by atoms with Gasteiger partial charge in [0, 0.05) is 19.0 Å². The Morgan fingerprint density at radius 3 is 2.55 bits per heavy atom. The number of nitrogens with one attached hydrogen (secondary N) is 2. The number of carbonyl (C=O) groups is 3. The van der Waals surface area contributed by atoms with Crippen LogP contribution in [0.15, 0.2) is 35.7 Å². The van der Waals surface area contributed by atoms with Crippen molar-refractivity contribution in [2.24, 2.45) is 5.92 Å². The van der Waals surface area contributed by atoms with E-state index in [9.17, 15) is 14.4 Å². The monoisotopic (exact) mass is 443 g/mol. The quantitative estimate of drug-likeness (QED) is 0.671. The summed E-state index contributed by atoms with van der Waals surface area (Å²) < 4.78 is 5.69. The van der Waals surface area contributed by atoms with E-state index < -0.39 is 5.91 Å². The van der Waals surface area contributed by atoms with Crippen LogP contribution in [-0.2, 0) is 9.59 Å². The number of hydrazine groups is 1. The summed E-state index contributed by atoms with van der Waals surface area (Å²) in [5.41, 5.74) is 7.00. The number of piperidine rings is 1. The van der Waals surface area contributed by atoms with Crippen molar-refractivity contribution in [1.29, 1.82) is 0 Å². The van der Waals surface area contributed by atoms with Crippen LogP contribution in [0.3, 0.4) is 0 Å². The van der Waals surface area contributed by atoms with E-state index in [1.54, 1.807) is 4.90 Å². The Balaban J connectivity index is 1.41. The molecule has 0 unspecified atom stereocenters. The lowest BCUT2D eigenvalue weighted by atomic mass is 9.96. The minimum absolute atomic E-state index is 0.0104. The normalized spacial score (nSPS) is 14.4. The average molecular weight is 444 g/mol. The lowest BCUT2D eigenvalue weighted by Gasteiger charge is -2.31. The van der Waals surface area contributed by atoms with Gasteiger partial charge in [0.25, 0.3) is 11.8 Å². The summed E-state index contributed by atoms with van der Waals surface area (Å²) in [5, 5.41) is 1.88. The van der Waals surface area contributed by atoms with E-state index in [2.05, 4.69) is 24.7 Å². The zero-order valence-electron chi connectivity index (χ0n) is 18.1. The predicted molar refractivity (Wildman–Crippen MR) is 120 cm³/mol. The van der Waals surface area contributed by atoms with Gasteiger partial charge in [-0.05, 0) is 54.3 Å². The van der Waals surface area contributed by atoms with Crippen LogP contribution in [-0.4, -0.2) is 42.3 Å². The Labute approximate surface area is 186 Å². The van der Waals surface area contributed by atoms with Crippen LogP contribution < -0.4 is 15.6 Å². The molecule has 0 atom stereocenters. The van der Waals surface area contributed by atoms with Crippen molar-refractivity contribution in [3.05, 3.63) is 51.7 Å². The van der Waals surface area contributed by atoms with E-state index in [4.69, 9.17) is 4.74 Å². The van der Waals surface area contributed by atoms with E-state index in [0.29, 0.717) is 36.6 Å². The van der Waals surface area contributed by atoms with Crippen molar-refractivity contribution in [2.45, 2.75) is 39.5 Å². The number of amides is 3. The standard InChI is InChI=1S/C23H29N3O4S/c1-15(2)18-7-6-16(3)13-19(18)30-14-21(27)24-25-22(28)17-8-10-26(11-9-17)23(29)20-5-4-12-31-20/h4-7,12-13,15,17H,8-11,14H2,1-3H3,(H,24,27)(H,25,28). The van der Waals surface area contributed by atoms with Gasteiger partial charge in [0.05, 0.1) is 4.88 Å². The molecule has 1 aliphatic rings. The minimum Gasteiger partial charge on any atom is -0.483 e. The molecule has 1 fully saturated rings. The second-order valence-electron chi connectivity index (χ2n) is 8.07. The Morgan fingerprint density at radius 1 is 1.16 bits per heavy atom. The van der Waals surface area contributed by atoms with Gasteiger partial charge in [-0.3, -0.25) is 25.2 Å². The van der Waals surface area contributed by atoms with Gasteiger partial charge in [0.2, 0.25) is 5.91 Å². The first-order valence-electron chi connectivity index (χ1n) is 10.5. The molecule has 0 radical (unpaired) electrons. The fourth-order valence-electron chi connectivity index (χ4n) is 3.56. The lowest BCUT2D eigenvalue weighted by molar-refractivity contribution is -0.132. The molecule has 2 N–H and O–H groups in total. The first-order chi connectivity index (χ1) is 14.8. The number of nitrogens with zero attached hydrogens (tertiary/aromatic N) is 1. The van der Waals surface area contributed by atoms with Crippen LogP contribution in [0.25, 0.3) is 0 Å². The largest absolute Gasteiger partial charge is 0.483 e. The van der Waals surface area contributed by atoms with Gasteiger partial charge in [-0.25, -0.2) is 0 Å². The number of likely N-dealkylation sites (tertiary alicyclic amines) is 1. The summed E-state index contributed by atoms with van der Waals surface area (Å²) in [6, 6.07) is 9.59. The van der Waals surface area contributed by atoms with Gasteiger partial charge in [-0.15, -0.1) is 11.3 Å². The maximum absolute atomic E-state index is 12.4. The highest BCUT2D eigenvalue weighted by Crippen LogP contribution is 2.27. The molecular formula is C23H29N3O4S. The fraction of sp³-hybridized carbons (Fsp3) is 0.435. The average Bonchev–Trinajstić information content (AvgIpc) is 3.30. The summed E-state index contributed by atoms with van der Waals surface area (Å²) in [6.45, 7) is 6.97. The maximum Gasteiger partial charge on any atom is 0.276 e. The molecule has 3 amide bonds. The van der Waals surface area contributed by atoms with Crippen molar-refractivity contribution in [2.75, 3.05) is 19.7 Å². The second kappa shape index (κ2) is 10.4. The molecule has 0 bridgehead atoms. The number of benzene rings is 1. The molecule has 1 aliphatic heterocycles. The SMILES string of the molecule is Cc1ccc(C(C)C)c(OCC(=O)NNC(=O)C2CCN(C(=O)c3cccs3)CC2)c1. The highest BCUT2D eigenvalue weighted by molar-refractivity contribution is 7.12. The third-order valence-corrected chi connectivity index (χ3v) is 6.22.